The molecule has 1 aromatic carbocycles. The second-order valence-electron chi connectivity index (χ2n) is 5.82. The van der Waals surface area contributed by atoms with Crippen LogP contribution in [-0.4, -0.2) is 17.8 Å². The summed E-state index contributed by atoms with van der Waals surface area (Å²) in [5.74, 6) is 1.59. The van der Waals surface area contributed by atoms with Gasteiger partial charge in [-0.15, -0.1) is 0 Å². The number of methoxy groups -OCH3 is 1. The maximum Gasteiger partial charge on any atom is 0.129 e. The molecule has 3 heteroatoms. The summed E-state index contributed by atoms with van der Waals surface area (Å²) in [5.41, 5.74) is 0.741. The van der Waals surface area contributed by atoms with Crippen molar-refractivity contribution in [3.05, 3.63) is 23.8 Å². The van der Waals surface area contributed by atoms with E-state index in [-0.39, 0.29) is 5.60 Å². The lowest BCUT2D eigenvalue weighted by Gasteiger charge is -2.40. The minimum Gasteiger partial charge on any atom is -0.497 e. The van der Waals surface area contributed by atoms with Gasteiger partial charge in [0.25, 0.3) is 0 Å². The van der Waals surface area contributed by atoms with Gasteiger partial charge in [0.1, 0.15) is 17.1 Å². The average Bonchev–Trinajstić information content (AvgIpc) is 2.63. The van der Waals surface area contributed by atoms with Crippen molar-refractivity contribution in [1.82, 2.24) is 0 Å². The molecule has 1 saturated carbocycles. The van der Waals surface area contributed by atoms with E-state index >= 15 is 0 Å². The molecular weight excluding hydrogens is 240 g/mol. The van der Waals surface area contributed by atoms with Crippen LogP contribution in [0.3, 0.4) is 0 Å². The molecule has 1 aliphatic carbocycles. The molecule has 0 amide bonds. The van der Waals surface area contributed by atoms with E-state index in [0.29, 0.717) is 0 Å². The second kappa shape index (κ2) is 5.04. The topological polar surface area (TPSA) is 38.7 Å². The van der Waals surface area contributed by atoms with Crippen LogP contribution in [0.25, 0.3) is 0 Å². The van der Waals surface area contributed by atoms with Gasteiger partial charge in [-0.05, 0) is 37.8 Å². The number of hydrogen-bond acceptors (Lipinski definition) is 3. The van der Waals surface area contributed by atoms with Gasteiger partial charge in [0.2, 0.25) is 0 Å². The number of aliphatic hydroxyl groups is 1. The van der Waals surface area contributed by atoms with E-state index in [2.05, 4.69) is 0 Å². The van der Waals surface area contributed by atoms with Crippen LogP contribution in [0.2, 0.25) is 0 Å². The molecule has 1 N–H and O–H groups in total. The zero-order chi connectivity index (χ0) is 13.3. The number of rotatable bonds is 1. The second-order valence-corrected chi connectivity index (χ2v) is 5.82. The Labute approximate surface area is 114 Å². The Morgan fingerprint density at radius 1 is 1.21 bits per heavy atom. The van der Waals surface area contributed by atoms with Crippen molar-refractivity contribution < 1.29 is 14.6 Å². The van der Waals surface area contributed by atoms with Crippen LogP contribution in [0.4, 0.5) is 0 Å². The fourth-order valence-electron chi connectivity index (χ4n) is 3.42. The summed E-state index contributed by atoms with van der Waals surface area (Å²) in [7, 11) is 1.66. The van der Waals surface area contributed by atoms with Gasteiger partial charge in [0.05, 0.1) is 13.2 Å². The van der Waals surface area contributed by atoms with E-state index in [1.54, 1.807) is 7.11 Å². The van der Waals surface area contributed by atoms with Gasteiger partial charge in [-0.2, -0.15) is 0 Å². The first kappa shape index (κ1) is 12.8. The number of ether oxygens (including phenoxy) is 2. The minimum absolute atomic E-state index is 0.157. The third kappa shape index (κ3) is 2.44. The molecule has 1 spiro atoms. The van der Waals surface area contributed by atoms with Crippen LogP contribution in [0.1, 0.15) is 56.6 Å². The SMILES string of the molecule is COc1ccc2c(c1)OC1(CCCCCC1)CC2O. The Hall–Kier alpha value is -1.22. The highest BCUT2D eigenvalue weighted by molar-refractivity contribution is 5.44. The lowest BCUT2D eigenvalue weighted by atomic mass is 9.83. The lowest BCUT2D eigenvalue weighted by Crippen LogP contribution is -2.40. The first-order valence-electron chi connectivity index (χ1n) is 7.27. The molecule has 0 aromatic heterocycles. The summed E-state index contributed by atoms with van der Waals surface area (Å²) in [5, 5.41) is 10.4. The predicted octanol–water partition coefficient (Wildman–Crippen LogP) is 3.60. The Morgan fingerprint density at radius 3 is 2.63 bits per heavy atom. The Kier molecular flexibility index (Phi) is 3.40. The van der Waals surface area contributed by atoms with Gasteiger partial charge in [-0.3, -0.25) is 0 Å². The molecular formula is C16H22O3. The maximum atomic E-state index is 10.4. The summed E-state index contributed by atoms with van der Waals surface area (Å²) in [6.45, 7) is 0. The van der Waals surface area contributed by atoms with Gasteiger partial charge in [0, 0.05) is 18.1 Å². The van der Waals surface area contributed by atoms with Gasteiger partial charge < -0.3 is 14.6 Å². The molecule has 3 nitrogen and oxygen atoms in total. The Bertz CT molecular complexity index is 447. The van der Waals surface area contributed by atoms with E-state index in [0.717, 1.165) is 36.3 Å². The molecule has 2 aliphatic rings. The fraction of sp³-hybridized carbons (Fsp3) is 0.625. The van der Waals surface area contributed by atoms with Crippen LogP contribution >= 0.6 is 0 Å². The molecule has 104 valence electrons. The lowest BCUT2D eigenvalue weighted by molar-refractivity contribution is -0.0245. The Morgan fingerprint density at radius 2 is 1.95 bits per heavy atom. The maximum absolute atomic E-state index is 10.4. The molecule has 1 unspecified atom stereocenters. The molecule has 0 saturated heterocycles. The van der Waals surface area contributed by atoms with E-state index in [1.165, 1.54) is 25.7 Å². The molecule has 1 aliphatic heterocycles. The monoisotopic (exact) mass is 262 g/mol. The van der Waals surface area contributed by atoms with Crippen molar-refractivity contribution in [1.29, 1.82) is 0 Å². The quantitative estimate of drug-likeness (QED) is 0.840. The fourth-order valence-corrected chi connectivity index (χ4v) is 3.42. The number of benzene rings is 1. The Balaban J connectivity index is 1.92. The number of aliphatic hydroxyl groups excluding tert-OH is 1. The first-order chi connectivity index (χ1) is 9.22. The van der Waals surface area contributed by atoms with Crippen LogP contribution in [0.5, 0.6) is 11.5 Å². The van der Waals surface area contributed by atoms with Crippen LogP contribution in [0.15, 0.2) is 18.2 Å². The van der Waals surface area contributed by atoms with E-state index in [9.17, 15) is 5.11 Å². The van der Waals surface area contributed by atoms with E-state index in [4.69, 9.17) is 9.47 Å². The minimum atomic E-state index is -0.409. The summed E-state index contributed by atoms with van der Waals surface area (Å²) >= 11 is 0. The van der Waals surface area contributed by atoms with Crippen molar-refractivity contribution in [2.75, 3.05) is 7.11 Å². The molecule has 1 aromatic rings. The van der Waals surface area contributed by atoms with Crippen LogP contribution < -0.4 is 9.47 Å². The molecule has 0 radical (unpaired) electrons. The highest BCUT2D eigenvalue weighted by atomic mass is 16.5. The normalized spacial score (nSPS) is 25.3. The van der Waals surface area contributed by atoms with Crippen molar-refractivity contribution in [2.45, 2.75) is 56.7 Å². The van der Waals surface area contributed by atoms with Gasteiger partial charge in [0.15, 0.2) is 0 Å². The molecule has 1 atom stereocenters. The van der Waals surface area contributed by atoms with E-state index < -0.39 is 6.10 Å². The summed E-state index contributed by atoms with van der Waals surface area (Å²) in [6, 6.07) is 5.71. The van der Waals surface area contributed by atoms with Crippen molar-refractivity contribution in [3.8, 4) is 11.5 Å². The molecule has 1 fully saturated rings. The third-order valence-electron chi connectivity index (χ3n) is 4.49. The van der Waals surface area contributed by atoms with Gasteiger partial charge in [-0.25, -0.2) is 0 Å². The standard InChI is InChI=1S/C16H22O3/c1-18-12-6-7-13-14(17)11-16(19-15(13)10-12)8-4-2-3-5-9-16/h6-7,10,14,17H,2-5,8-9,11H2,1H3. The van der Waals surface area contributed by atoms with Crippen molar-refractivity contribution in [2.24, 2.45) is 0 Å². The zero-order valence-corrected chi connectivity index (χ0v) is 11.5. The molecule has 3 rings (SSSR count). The largest absolute Gasteiger partial charge is 0.497 e. The third-order valence-corrected chi connectivity index (χ3v) is 4.49. The molecule has 19 heavy (non-hydrogen) atoms. The summed E-state index contributed by atoms with van der Waals surface area (Å²) < 4.78 is 11.6. The summed E-state index contributed by atoms with van der Waals surface area (Å²) in [4.78, 5) is 0. The van der Waals surface area contributed by atoms with Gasteiger partial charge in [-0.1, -0.05) is 12.8 Å². The molecule has 0 bridgehead atoms. The highest BCUT2D eigenvalue weighted by Gasteiger charge is 2.40. The zero-order valence-electron chi connectivity index (χ0n) is 11.5. The number of hydrogen-bond donors (Lipinski definition) is 1. The van der Waals surface area contributed by atoms with Crippen molar-refractivity contribution in [3.63, 3.8) is 0 Å². The van der Waals surface area contributed by atoms with Gasteiger partial charge >= 0.3 is 0 Å². The van der Waals surface area contributed by atoms with Crippen molar-refractivity contribution >= 4 is 0 Å². The molecule has 1 heterocycles. The smallest absolute Gasteiger partial charge is 0.129 e. The van der Waals surface area contributed by atoms with Crippen LogP contribution in [0, 0.1) is 0 Å². The van der Waals surface area contributed by atoms with E-state index in [1.807, 2.05) is 18.2 Å². The van der Waals surface area contributed by atoms with Crippen LogP contribution in [-0.2, 0) is 0 Å². The highest BCUT2D eigenvalue weighted by Crippen LogP contribution is 2.46. The summed E-state index contributed by atoms with van der Waals surface area (Å²) in [6.07, 6.45) is 7.40. The number of fused-ring (bicyclic) bond motifs is 1. The average molecular weight is 262 g/mol. The predicted molar refractivity (Wildman–Crippen MR) is 73.6 cm³/mol. The first-order valence-corrected chi connectivity index (χ1v) is 7.27.